The highest BCUT2D eigenvalue weighted by Gasteiger charge is 2.34. The number of aliphatic carboxylic acids is 10. The first-order valence-corrected chi connectivity index (χ1v) is 28.4. The number of halogens is 10. The van der Waals surface area contributed by atoms with Gasteiger partial charge < -0.3 is 79.7 Å². The number of nitriles is 1. The maximum absolute atomic E-state index is 13.6. The molecule has 0 fully saturated rings. The van der Waals surface area contributed by atoms with Gasteiger partial charge in [-0.15, -0.1) is 0 Å². The lowest BCUT2D eigenvalue weighted by atomic mass is 9.92. The maximum Gasteiger partial charge on any atom is 0.416 e. The molecule has 5 rings (SSSR count). The molecule has 10 unspecified atom stereocenters. The first-order valence-electron chi connectivity index (χ1n) is 28.4. The number of aromatic nitrogens is 1. The van der Waals surface area contributed by atoms with Crippen LogP contribution < -0.4 is 28.7 Å². The molecule has 0 spiro atoms. The number of benzene rings is 4. The molecule has 20 N–H and O–H groups in total. The second-order valence-electron chi connectivity index (χ2n) is 21.6. The summed E-state index contributed by atoms with van der Waals surface area (Å²) in [6.07, 6.45) is -11.3. The van der Waals surface area contributed by atoms with Crippen molar-refractivity contribution >= 4 is 59.7 Å². The van der Waals surface area contributed by atoms with E-state index in [1.165, 1.54) is 60.7 Å². The van der Waals surface area contributed by atoms with Crippen LogP contribution in [0.3, 0.4) is 0 Å². The minimum absolute atomic E-state index is 0.0566. The molecule has 99 heavy (non-hydrogen) atoms. The second-order valence-corrected chi connectivity index (χ2v) is 21.6. The van der Waals surface area contributed by atoms with Crippen molar-refractivity contribution in [3.8, 4) is 6.07 Å². The van der Waals surface area contributed by atoms with Gasteiger partial charge in [0.25, 0.3) is 0 Å². The molecule has 0 aliphatic heterocycles. The first-order chi connectivity index (χ1) is 45.8. The number of nitrogens with zero attached hydrogens (tertiary/aromatic N) is 2. The Morgan fingerprint density at radius 1 is 0.384 bits per heavy atom. The third-order valence-electron chi connectivity index (χ3n) is 13.9. The summed E-state index contributed by atoms with van der Waals surface area (Å²) in [5, 5.41) is 96.9. The summed E-state index contributed by atoms with van der Waals surface area (Å²) in [5.74, 6) is -21.1. The van der Waals surface area contributed by atoms with Crippen LogP contribution in [0, 0.1) is 64.3 Å². The van der Waals surface area contributed by atoms with Crippen LogP contribution in [-0.4, -0.2) is 146 Å². The van der Waals surface area contributed by atoms with E-state index < -0.39 is 185 Å². The van der Waals surface area contributed by atoms with Crippen molar-refractivity contribution in [2.45, 2.75) is 107 Å². The van der Waals surface area contributed by atoms with Gasteiger partial charge in [-0.05, 0) is 147 Å². The molecule has 27 nitrogen and oxygen atoms in total. The zero-order valence-electron chi connectivity index (χ0n) is 51.3. The number of rotatable bonds is 30. The summed E-state index contributed by atoms with van der Waals surface area (Å²) < 4.78 is 127. The number of hydrogen-bond acceptors (Lipinski definition) is 17. The third kappa shape index (κ3) is 32.7. The van der Waals surface area contributed by atoms with E-state index in [1.807, 2.05) is 0 Å². The highest BCUT2D eigenvalue weighted by atomic mass is 19.4. The van der Waals surface area contributed by atoms with Crippen LogP contribution in [0.5, 0.6) is 0 Å². The Morgan fingerprint density at radius 2 is 0.707 bits per heavy atom. The first kappa shape index (κ1) is 86.3. The topological polar surface area (TPSA) is 540 Å². The fraction of sp³-hybridized carbons (Fsp3) is 0.355. The molecular formula is C62H67F10N7O20. The van der Waals surface area contributed by atoms with Crippen molar-refractivity contribution in [2.24, 2.45) is 58.3 Å². The Balaban J connectivity index is 0.000000620. The summed E-state index contributed by atoms with van der Waals surface area (Å²) in [7, 11) is 0. The molecule has 0 amide bonds. The van der Waals surface area contributed by atoms with E-state index in [-0.39, 0.29) is 62.6 Å². The molecule has 0 saturated heterocycles. The molecule has 37 heteroatoms. The highest BCUT2D eigenvalue weighted by molar-refractivity contribution is 5.79. The van der Waals surface area contributed by atoms with Gasteiger partial charge in [0.05, 0.1) is 46.3 Å². The van der Waals surface area contributed by atoms with Gasteiger partial charge in [-0.25, -0.2) is 18.2 Å². The summed E-state index contributed by atoms with van der Waals surface area (Å²) in [4.78, 5) is 112. The maximum atomic E-state index is 13.6. The highest BCUT2D eigenvalue weighted by Crippen LogP contribution is 2.32. The Bertz CT molecular complexity index is 3620. The quantitative estimate of drug-likeness (QED) is 0.0199. The van der Waals surface area contributed by atoms with E-state index in [4.69, 9.17) is 85.0 Å². The lowest BCUT2D eigenvalue weighted by molar-refractivity contribution is -0.145. The van der Waals surface area contributed by atoms with Crippen LogP contribution in [0.1, 0.15) is 76.7 Å². The van der Waals surface area contributed by atoms with Crippen LogP contribution >= 0.6 is 0 Å². The largest absolute Gasteiger partial charge is 0.481 e. The van der Waals surface area contributed by atoms with Crippen LogP contribution in [0.2, 0.25) is 0 Å². The predicted octanol–water partition coefficient (Wildman–Crippen LogP) is 5.52. The molecular weight excluding hydrogens is 1350 g/mol. The van der Waals surface area contributed by atoms with Gasteiger partial charge in [-0.2, -0.15) is 36.0 Å². The molecule has 0 saturated carbocycles. The summed E-state index contributed by atoms with van der Waals surface area (Å²) >= 11 is 0. The van der Waals surface area contributed by atoms with Gasteiger partial charge in [-0.1, -0.05) is 36.4 Å². The van der Waals surface area contributed by atoms with E-state index in [0.29, 0.717) is 34.9 Å². The smallest absolute Gasteiger partial charge is 0.416 e. The van der Waals surface area contributed by atoms with Crippen molar-refractivity contribution in [3.05, 3.63) is 171 Å². The molecule has 0 aliphatic rings. The summed E-state index contributed by atoms with van der Waals surface area (Å²) in [5.41, 5.74) is 25.5. The molecule has 1 heterocycles. The van der Waals surface area contributed by atoms with Crippen molar-refractivity contribution in [2.75, 3.05) is 0 Å². The van der Waals surface area contributed by atoms with E-state index in [9.17, 15) is 91.8 Å². The monoisotopic (exact) mass is 1420 g/mol. The lowest BCUT2D eigenvalue weighted by Crippen LogP contribution is -2.35. The Kier molecular flexibility index (Phi) is 35.6. The van der Waals surface area contributed by atoms with Gasteiger partial charge in [0.1, 0.15) is 53.7 Å². The molecule has 0 bridgehead atoms. The number of carboxylic acid groups (broad SMARTS) is 10. The van der Waals surface area contributed by atoms with Gasteiger partial charge >= 0.3 is 72.0 Å². The van der Waals surface area contributed by atoms with Crippen LogP contribution in [0.4, 0.5) is 43.9 Å². The predicted molar refractivity (Wildman–Crippen MR) is 320 cm³/mol. The SMILES string of the molecule is N#Cc1ccc(CC(CC(N)C(=O)O)C(=O)O)cc1F.NC(CC(Cc1cc(C(F)(F)F)ccc1F)C(=O)O)C(=O)O.NC(CC(Cc1ccc(C(F)(F)F)cc1)C(=O)O)C(=O)O.NC(CC(Cc1ccc(F)cc1)C(=O)O)C(=O)O.NC(CC(Cc1cccc(F)n1)C(=O)O)C(=O)O. The molecule has 1 aromatic heterocycles. The van der Waals surface area contributed by atoms with E-state index in [0.717, 1.165) is 24.3 Å². The van der Waals surface area contributed by atoms with Crippen LogP contribution in [0.25, 0.3) is 0 Å². The van der Waals surface area contributed by atoms with Crippen molar-refractivity contribution < 1.29 is 143 Å². The van der Waals surface area contributed by atoms with Gasteiger partial charge in [0.2, 0.25) is 5.95 Å². The molecule has 0 aliphatic carbocycles. The molecule has 5 aromatic rings. The Hall–Kier alpha value is -10.7. The van der Waals surface area contributed by atoms with Crippen molar-refractivity contribution in [1.29, 1.82) is 5.26 Å². The standard InChI is InChI=1S/C13H13F4NO4.C13H14F3NO4.C13H13FN2O4.C12H14FNO4.C11H13FN2O4/c14-9-2-1-8(13(15,16)17)4-6(9)3-7(11(19)20)5-10(18)12(21)22;14-13(15,16)9-3-1-7(2-4-9)5-8(11(18)19)6-10(17)12(20)21;14-10-4-7(1-2-8(10)6-15)3-9(12(17)18)5-11(16)13(19)20;13-9-3-1-7(2-4-9)5-8(11(15)16)6-10(14)12(17)18;12-9-3-1-2-7(14-9)4-6(10(15)16)5-8(13)11(17)18/h1-2,4,7,10H,3,5,18H2,(H,19,20)(H,21,22);1-4,8,10H,5-6,17H2,(H,18,19)(H,20,21);1-2,4,9,11H,3,5,16H2,(H,17,18)(H,19,20);1-4,8,10H,5-6,14H2,(H,15,16)(H,17,18);1-3,6,8H,4-5,13H2,(H,15,16)(H,17,18). The molecule has 0 radical (unpaired) electrons. The summed E-state index contributed by atoms with van der Waals surface area (Å²) in [6.45, 7) is 0. The van der Waals surface area contributed by atoms with Crippen molar-refractivity contribution in [3.63, 3.8) is 0 Å². The Morgan fingerprint density at radius 3 is 1.03 bits per heavy atom. The van der Waals surface area contributed by atoms with Crippen LogP contribution in [-0.2, 0) is 92.4 Å². The van der Waals surface area contributed by atoms with E-state index >= 15 is 0 Å². The minimum Gasteiger partial charge on any atom is -0.481 e. The van der Waals surface area contributed by atoms with Gasteiger partial charge in [-0.3, -0.25) is 47.9 Å². The number of alkyl halides is 6. The number of carboxylic acids is 10. The molecule has 4 aromatic carbocycles. The van der Waals surface area contributed by atoms with Crippen LogP contribution in [0.15, 0.2) is 103 Å². The number of hydrogen-bond donors (Lipinski definition) is 15. The third-order valence-corrected chi connectivity index (χ3v) is 13.9. The van der Waals surface area contributed by atoms with Crippen molar-refractivity contribution in [1.82, 2.24) is 4.98 Å². The normalized spacial score (nSPS) is 14.0. The van der Waals surface area contributed by atoms with Gasteiger partial charge in [0, 0.05) is 12.1 Å². The molecule has 10 atom stereocenters. The number of pyridine rings is 1. The zero-order valence-corrected chi connectivity index (χ0v) is 51.3. The minimum atomic E-state index is -4.70. The number of carbonyl (C=O) groups is 10. The van der Waals surface area contributed by atoms with Gasteiger partial charge in [0.15, 0.2) is 0 Å². The average Bonchev–Trinajstić information content (AvgIpc) is 0.847. The fourth-order valence-electron chi connectivity index (χ4n) is 8.46. The van der Waals surface area contributed by atoms with E-state index in [2.05, 4.69) is 4.98 Å². The molecule has 540 valence electrons. The zero-order chi connectivity index (χ0) is 76.0. The van der Waals surface area contributed by atoms with E-state index in [1.54, 1.807) is 6.07 Å². The number of nitrogens with two attached hydrogens (primary N) is 5. The average molecular weight is 1420 g/mol. The lowest BCUT2D eigenvalue weighted by Gasteiger charge is -2.16. The second kappa shape index (κ2) is 40.8. The summed E-state index contributed by atoms with van der Waals surface area (Å²) in [6, 6.07) is 13.9. The Labute approximate surface area is 553 Å². The fourth-order valence-corrected chi connectivity index (χ4v) is 8.46.